The van der Waals surface area contributed by atoms with E-state index in [9.17, 15) is 9.59 Å². The molecule has 27 heavy (non-hydrogen) atoms. The fourth-order valence-electron chi connectivity index (χ4n) is 3.50. The summed E-state index contributed by atoms with van der Waals surface area (Å²) in [5.41, 5.74) is 2.96. The van der Waals surface area contributed by atoms with Crippen molar-refractivity contribution < 1.29 is 14.3 Å². The van der Waals surface area contributed by atoms with E-state index in [1.165, 1.54) is 0 Å². The van der Waals surface area contributed by atoms with Gasteiger partial charge in [0.1, 0.15) is 11.8 Å². The Morgan fingerprint density at radius 2 is 1.89 bits per heavy atom. The molecule has 0 radical (unpaired) electrons. The highest BCUT2D eigenvalue weighted by Crippen LogP contribution is 2.31. The molecule has 2 aromatic carbocycles. The Balaban J connectivity index is 1.69. The topological polar surface area (TPSA) is 49.9 Å². The Morgan fingerprint density at radius 1 is 1.15 bits per heavy atom. The zero-order valence-corrected chi connectivity index (χ0v) is 16.1. The lowest BCUT2D eigenvalue weighted by molar-refractivity contribution is -0.140. The van der Waals surface area contributed by atoms with Crippen molar-refractivity contribution in [3.05, 3.63) is 59.7 Å². The third-order valence-corrected chi connectivity index (χ3v) is 5.07. The number of nitrogens with zero attached hydrogens (tertiary/aromatic N) is 2. The van der Waals surface area contributed by atoms with E-state index in [1.807, 2.05) is 55.5 Å². The van der Waals surface area contributed by atoms with Crippen LogP contribution in [0, 0.1) is 6.92 Å². The summed E-state index contributed by atoms with van der Waals surface area (Å²) in [5, 5.41) is 0. The summed E-state index contributed by atoms with van der Waals surface area (Å²) >= 11 is 0. The summed E-state index contributed by atoms with van der Waals surface area (Å²) in [6, 6.07) is 15.3. The quantitative estimate of drug-likeness (QED) is 0.816. The Kier molecular flexibility index (Phi) is 5.79. The zero-order valence-electron chi connectivity index (χ0n) is 16.1. The molecule has 0 N–H and O–H groups in total. The number of piperazine rings is 1. The van der Waals surface area contributed by atoms with E-state index in [4.69, 9.17) is 4.74 Å². The lowest BCUT2D eigenvalue weighted by Crippen LogP contribution is -2.57. The first-order valence-corrected chi connectivity index (χ1v) is 9.30. The van der Waals surface area contributed by atoms with Gasteiger partial charge in [-0.1, -0.05) is 36.4 Å². The number of carbonyl (C=O) groups excluding carboxylic acids is 2. The fourth-order valence-corrected chi connectivity index (χ4v) is 3.50. The summed E-state index contributed by atoms with van der Waals surface area (Å²) in [5.74, 6) is 0.624. The van der Waals surface area contributed by atoms with E-state index in [-0.39, 0.29) is 11.8 Å². The summed E-state index contributed by atoms with van der Waals surface area (Å²) in [4.78, 5) is 29.1. The van der Waals surface area contributed by atoms with Crippen molar-refractivity contribution >= 4 is 17.5 Å². The molecule has 1 aliphatic rings. The highest BCUT2D eigenvalue weighted by atomic mass is 16.5. The number of anilines is 1. The van der Waals surface area contributed by atoms with Gasteiger partial charge in [-0.15, -0.1) is 0 Å². The molecule has 3 rings (SSSR count). The van der Waals surface area contributed by atoms with Crippen LogP contribution in [0.5, 0.6) is 5.75 Å². The minimum Gasteiger partial charge on any atom is -0.495 e. The molecule has 0 spiro atoms. The maximum Gasteiger partial charge on any atom is 0.249 e. The predicted octanol–water partition coefficient (Wildman–Crippen LogP) is 3.20. The van der Waals surface area contributed by atoms with Crippen LogP contribution in [0.3, 0.4) is 0 Å². The second kappa shape index (κ2) is 8.25. The fraction of sp³-hybridized carbons (Fsp3) is 0.364. The minimum absolute atomic E-state index is 0.0237. The third kappa shape index (κ3) is 4.13. The second-order valence-corrected chi connectivity index (χ2v) is 6.91. The van der Waals surface area contributed by atoms with Crippen LogP contribution >= 0.6 is 0 Å². The van der Waals surface area contributed by atoms with Gasteiger partial charge in [-0.3, -0.25) is 9.59 Å². The number of amides is 2. The van der Waals surface area contributed by atoms with Gasteiger partial charge in [0, 0.05) is 19.5 Å². The van der Waals surface area contributed by atoms with Crippen molar-refractivity contribution in [3.63, 3.8) is 0 Å². The number of aryl methyl sites for hydroxylation is 2. The van der Waals surface area contributed by atoms with Crippen LogP contribution < -0.4 is 9.64 Å². The normalized spacial score (nSPS) is 17.1. The number of carbonyl (C=O) groups is 2. The van der Waals surface area contributed by atoms with Gasteiger partial charge >= 0.3 is 0 Å². The molecule has 1 atom stereocenters. The highest BCUT2D eigenvalue weighted by molar-refractivity contribution is 6.01. The number of methoxy groups -OCH3 is 1. The van der Waals surface area contributed by atoms with E-state index in [1.54, 1.807) is 23.8 Å². The van der Waals surface area contributed by atoms with E-state index >= 15 is 0 Å². The first-order valence-electron chi connectivity index (χ1n) is 9.30. The lowest BCUT2D eigenvalue weighted by atomic mass is 10.1. The summed E-state index contributed by atoms with van der Waals surface area (Å²) in [7, 11) is 1.60. The summed E-state index contributed by atoms with van der Waals surface area (Å²) in [6.07, 6.45) is 1.10. The van der Waals surface area contributed by atoms with E-state index in [2.05, 4.69) is 0 Å². The Hall–Kier alpha value is -2.82. The molecule has 0 aromatic heterocycles. The van der Waals surface area contributed by atoms with Crippen LogP contribution in [0.4, 0.5) is 5.69 Å². The van der Waals surface area contributed by atoms with Gasteiger partial charge in [-0.2, -0.15) is 0 Å². The molecule has 0 aliphatic carbocycles. The predicted molar refractivity (Wildman–Crippen MR) is 106 cm³/mol. The number of ether oxygens (including phenoxy) is 1. The van der Waals surface area contributed by atoms with Gasteiger partial charge in [-0.25, -0.2) is 0 Å². The molecule has 0 unspecified atom stereocenters. The summed E-state index contributed by atoms with van der Waals surface area (Å²) < 4.78 is 5.42. The van der Waals surface area contributed by atoms with Crippen molar-refractivity contribution in [1.29, 1.82) is 0 Å². The maximum atomic E-state index is 13.0. The van der Waals surface area contributed by atoms with Crippen LogP contribution in [0.2, 0.25) is 0 Å². The van der Waals surface area contributed by atoms with Gasteiger partial charge in [0.25, 0.3) is 0 Å². The SMILES string of the molecule is COc1ccc(C)cc1N1CCN(C(=O)CCc2ccccc2)[C@H](C)C1=O. The smallest absolute Gasteiger partial charge is 0.249 e. The number of benzene rings is 2. The molecular formula is C22H26N2O3. The Bertz CT molecular complexity index is 820. The molecule has 1 fully saturated rings. The van der Waals surface area contributed by atoms with Gasteiger partial charge < -0.3 is 14.5 Å². The maximum absolute atomic E-state index is 13.0. The first kappa shape index (κ1) is 19.0. The first-order chi connectivity index (χ1) is 13.0. The van der Waals surface area contributed by atoms with Gasteiger partial charge in [-0.05, 0) is 43.5 Å². The number of hydrogen-bond donors (Lipinski definition) is 0. The molecular weight excluding hydrogens is 340 g/mol. The van der Waals surface area contributed by atoms with E-state index in [0.717, 1.165) is 16.8 Å². The van der Waals surface area contributed by atoms with Crippen molar-refractivity contribution in [2.75, 3.05) is 25.1 Å². The molecule has 0 saturated carbocycles. The van der Waals surface area contributed by atoms with Crippen LogP contribution in [0.15, 0.2) is 48.5 Å². The average Bonchev–Trinajstić information content (AvgIpc) is 2.69. The van der Waals surface area contributed by atoms with E-state index < -0.39 is 6.04 Å². The van der Waals surface area contributed by atoms with Crippen molar-refractivity contribution in [2.24, 2.45) is 0 Å². The lowest BCUT2D eigenvalue weighted by Gasteiger charge is -2.39. The zero-order chi connectivity index (χ0) is 19.4. The molecule has 1 heterocycles. The highest BCUT2D eigenvalue weighted by Gasteiger charge is 2.35. The van der Waals surface area contributed by atoms with Crippen molar-refractivity contribution in [1.82, 2.24) is 4.90 Å². The van der Waals surface area contributed by atoms with Crippen LogP contribution in [-0.4, -0.2) is 43.0 Å². The average molecular weight is 366 g/mol. The monoisotopic (exact) mass is 366 g/mol. The molecule has 142 valence electrons. The van der Waals surface area contributed by atoms with E-state index in [0.29, 0.717) is 31.7 Å². The molecule has 0 bridgehead atoms. The largest absolute Gasteiger partial charge is 0.495 e. The van der Waals surface area contributed by atoms with Crippen molar-refractivity contribution in [3.8, 4) is 5.75 Å². The minimum atomic E-state index is -0.479. The number of hydrogen-bond acceptors (Lipinski definition) is 3. The molecule has 5 nitrogen and oxygen atoms in total. The van der Waals surface area contributed by atoms with Crippen LogP contribution in [-0.2, 0) is 16.0 Å². The summed E-state index contributed by atoms with van der Waals surface area (Å²) in [6.45, 7) is 4.79. The number of rotatable bonds is 5. The molecule has 5 heteroatoms. The van der Waals surface area contributed by atoms with Gasteiger partial charge in [0.15, 0.2) is 0 Å². The molecule has 2 amide bonds. The van der Waals surface area contributed by atoms with Crippen molar-refractivity contribution in [2.45, 2.75) is 32.7 Å². The third-order valence-electron chi connectivity index (χ3n) is 5.07. The molecule has 1 saturated heterocycles. The second-order valence-electron chi connectivity index (χ2n) is 6.91. The van der Waals surface area contributed by atoms with Crippen LogP contribution in [0.1, 0.15) is 24.5 Å². The molecule has 1 aliphatic heterocycles. The van der Waals surface area contributed by atoms with Gasteiger partial charge in [0.05, 0.1) is 12.8 Å². The Morgan fingerprint density at radius 3 is 2.59 bits per heavy atom. The van der Waals surface area contributed by atoms with Crippen LogP contribution in [0.25, 0.3) is 0 Å². The van der Waals surface area contributed by atoms with Gasteiger partial charge in [0.2, 0.25) is 11.8 Å². The standard InChI is InChI=1S/C22H26N2O3/c1-16-9-11-20(27-3)19(15-16)24-14-13-23(17(2)22(24)26)21(25)12-10-18-7-5-4-6-8-18/h4-9,11,15,17H,10,12-14H2,1-3H3/t17-/m1/s1. The Labute approximate surface area is 160 Å². The molecule has 2 aromatic rings.